The van der Waals surface area contributed by atoms with E-state index in [-0.39, 0.29) is 10.8 Å². The molecule has 9 heteroatoms. The lowest BCUT2D eigenvalue weighted by Crippen LogP contribution is -2.24. The molecule has 1 fully saturated rings. The van der Waals surface area contributed by atoms with Crippen LogP contribution in [0.1, 0.15) is 43.6 Å². The van der Waals surface area contributed by atoms with Crippen molar-refractivity contribution in [3.05, 3.63) is 42.2 Å². The first-order chi connectivity index (χ1) is 14.3. The molecule has 0 radical (unpaired) electrons. The summed E-state index contributed by atoms with van der Waals surface area (Å²) in [5.41, 5.74) is 0.670. The number of hydrogen-bond donors (Lipinski definition) is 1. The Kier molecular flexibility index (Phi) is 7.31. The quantitative estimate of drug-likeness (QED) is 0.614. The van der Waals surface area contributed by atoms with Crippen LogP contribution in [0.2, 0.25) is 0 Å². The van der Waals surface area contributed by atoms with Gasteiger partial charge in [-0.1, -0.05) is 37.8 Å². The molecule has 1 atom stereocenters. The number of alkyl halides is 1. The molecular formula is C21H27ClN4O3S. The molecule has 0 aliphatic heterocycles. The molecular weight excluding hydrogens is 424 g/mol. The molecule has 0 spiro atoms. The fourth-order valence-electron chi connectivity index (χ4n) is 3.79. The van der Waals surface area contributed by atoms with E-state index in [1.54, 1.807) is 24.4 Å². The lowest BCUT2D eigenvalue weighted by atomic mass is 9.87. The third kappa shape index (κ3) is 5.49. The molecule has 1 N–H and O–H groups in total. The summed E-state index contributed by atoms with van der Waals surface area (Å²) >= 11 is 5.62. The smallest absolute Gasteiger partial charge is 0.233 e. The van der Waals surface area contributed by atoms with Gasteiger partial charge in [-0.05, 0) is 30.0 Å². The summed E-state index contributed by atoms with van der Waals surface area (Å²) in [5, 5.41) is 2.35. The molecule has 30 heavy (non-hydrogen) atoms. The minimum absolute atomic E-state index is 0.134. The van der Waals surface area contributed by atoms with Crippen molar-refractivity contribution in [3.8, 4) is 0 Å². The Morgan fingerprint density at radius 3 is 2.57 bits per heavy atom. The van der Waals surface area contributed by atoms with Crippen LogP contribution >= 0.6 is 11.6 Å². The van der Waals surface area contributed by atoms with Crippen molar-refractivity contribution in [3.63, 3.8) is 0 Å². The Morgan fingerprint density at radius 1 is 1.23 bits per heavy atom. The minimum atomic E-state index is -3.57. The number of nitrogens with one attached hydrogen (secondary N) is 1. The molecule has 2 aromatic rings. The van der Waals surface area contributed by atoms with Crippen LogP contribution in [0.15, 0.2) is 41.6 Å². The Morgan fingerprint density at radius 2 is 1.97 bits per heavy atom. The molecule has 1 aliphatic rings. The molecule has 1 aliphatic carbocycles. The summed E-state index contributed by atoms with van der Waals surface area (Å²) in [7, 11) is 0.154. The highest BCUT2D eigenvalue weighted by atomic mass is 35.5. The van der Waals surface area contributed by atoms with Gasteiger partial charge in [-0.2, -0.15) is 0 Å². The maximum atomic E-state index is 13.2. The van der Waals surface area contributed by atoms with Crippen LogP contribution < -0.4 is 10.2 Å². The van der Waals surface area contributed by atoms with Gasteiger partial charge in [-0.25, -0.2) is 18.4 Å². The summed E-state index contributed by atoms with van der Waals surface area (Å²) in [4.78, 5) is 23.7. The SMILES string of the molecule is CN(C)c1cnc(NC(=O)C(CC2CCCC2)c2cccc(S(=O)(=O)CCl)c2)cn1. The Hall–Kier alpha value is -2.19. The van der Waals surface area contributed by atoms with Crippen LogP contribution in [0.5, 0.6) is 0 Å². The Labute approximate surface area is 182 Å². The van der Waals surface area contributed by atoms with E-state index in [4.69, 9.17) is 11.6 Å². The lowest BCUT2D eigenvalue weighted by molar-refractivity contribution is -0.118. The van der Waals surface area contributed by atoms with E-state index < -0.39 is 21.0 Å². The molecule has 1 heterocycles. The maximum absolute atomic E-state index is 13.2. The van der Waals surface area contributed by atoms with Gasteiger partial charge in [-0.3, -0.25) is 4.79 Å². The number of anilines is 2. The van der Waals surface area contributed by atoms with E-state index >= 15 is 0 Å². The highest BCUT2D eigenvalue weighted by Gasteiger charge is 2.28. The number of halogens is 1. The predicted molar refractivity (Wildman–Crippen MR) is 119 cm³/mol. The summed E-state index contributed by atoms with van der Waals surface area (Å²) < 4.78 is 24.4. The van der Waals surface area contributed by atoms with Gasteiger partial charge in [0.15, 0.2) is 15.7 Å². The molecule has 1 saturated carbocycles. The van der Waals surface area contributed by atoms with Gasteiger partial charge < -0.3 is 10.2 Å². The average molecular weight is 451 g/mol. The van der Waals surface area contributed by atoms with Crippen molar-refractivity contribution in [1.82, 2.24) is 9.97 Å². The van der Waals surface area contributed by atoms with Crippen LogP contribution in [-0.2, 0) is 14.6 Å². The summed E-state index contributed by atoms with van der Waals surface area (Å²) in [6.07, 6.45) is 8.28. The Bertz CT molecular complexity index is 974. The van der Waals surface area contributed by atoms with Crippen molar-refractivity contribution in [2.45, 2.75) is 42.9 Å². The van der Waals surface area contributed by atoms with Crippen LogP contribution in [0.3, 0.4) is 0 Å². The molecule has 7 nitrogen and oxygen atoms in total. The number of hydrogen-bond acceptors (Lipinski definition) is 6. The van der Waals surface area contributed by atoms with Crippen molar-refractivity contribution in [2.24, 2.45) is 5.92 Å². The number of aromatic nitrogens is 2. The van der Waals surface area contributed by atoms with E-state index in [0.29, 0.717) is 29.5 Å². The molecule has 1 unspecified atom stereocenters. The second-order valence-corrected chi connectivity index (χ2v) is 10.5. The average Bonchev–Trinajstić information content (AvgIpc) is 3.25. The van der Waals surface area contributed by atoms with E-state index in [0.717, 1.165) is 25.7 Å². The highest BCUT2D eigenvalue weighted by molar-refractivity contribution is 7.92. The molecule has 1 aromatic carbocycles. The monoisotopic (exact) mass is 450 g/mol. The molecule has 3 rings (SSSR count). The van der Waals surface area contributed by atoms with Crippen LogP contribution in [0.4, 0.5) is 11.6 Å². The van der Waals surface area contributed by atoms with Crippen molar-refractivity contribution in [1.29, 1.82) is 0 Å². The van der Waals surface area contributed by atoms with E-state index in [1.165, 1.54) is 12.3 Å². The first-order valence-corrected chi connectivity index (χ1v) is 12.2. The summed E-state index contributed by atoms with van der Waals surface area (Å²) in [6, 6.07) is 6.54. The number of benzene rings is 1. The standard InChI is InChI=1S/C21H27ClN4O3S/c1-26(2)20-13-23-19(12-24-20)25-21(27)18(10-15-6-3-4-7-15)16-8-5-9-17(11-16)30(28,29)14-22/h5,8-9,11-13,15,18H,3-4,6-7,10,14H2,1-2H3,(H,23,25,27). The second kappa shape index (κ2) is 9.75. The topological polar surface area (TPSA) is 92.3 Å². The van der Waals surface area contributed by atoms with Crippen LogP contribution in [0.25, 0.3) is 0 Å². The van der Waals surface area contributed by atoms with E-state index in [1.807, 2.05) is 19.0 Å². The van der Waals surface area contributed by atoms with E-state index in [2.05, 4.69) is 15.3 Å². The van der Waals surface area contributed by atoms with Gasteiger partial charge in [0.05, 0.1) is 23.2 Å². The summed E-state index contributed by atoms with van der Waals surface area (Å²) in [6.45, 7) is 0. The Balaban J connectivity index is 1.86. The molecule has 162 valence electrons. The largest absolute Gasteiger partial charge is 0.361 e. The maximum Gasteiger partial charge on any atom is 0.233 e. The number of carbonyl (C=O) groups excluding carboxylic acids is 1. The van der Waals surface area contributed by atoms with E-state index in [9.17, 15) is 13.2 Å². The molecule has 1 amide bonds. The van der Waals surface area contributed by atoms with Gasteiger partial charge in [-0.15, -0.1) is 11.6 Å². The zero-order valence-corrected chi connectivity index (χ0v) is 18.8. The zero-order valence-electron chi connectivity index (χ0n) is 17.2. The van der Waals surface area contributed by atoms with Crippen molar-refractivity contribution in [2.75, 3.05) is 29.5 Å². The second-order valence-electron chi connectivity index (χ2n) is 7.88. The predicted octanol–water partition coefficient (Wildman–Crippen LogP) is 3.82. The van der Waals surface area contributed by atoms with Gasteiger partial charge in [0.1, 0.15) is 11.0 Å². The molecule has 0 saturated heterocycles. The normalized spacial score (nSPS) is 15.7. The fourth-order valence-corrected chi connectivity index (χ4v) is 4.90. The van der Waals surface area contributed by atoms with Gasteiger partial charge in [0, 0.05) is 14.1 Å². The number of amides is 1. The molecule has 0 bridgehead atoms. The third-order valence-electron chi connectivity index (χ3n) is 5.47. The number of carbonyl (C=O) groups is 1. The number of nitrogens with zero attached hydrogens (tertiary/aromatic N) is 3. The molecule has 1 aromatic heterocycles. The summed E-state index contributed by atoms with van der Waals surface area (Å²) in [5.74, 6) is 0.806. The van der Waals surface area contributed by atoms with Gasteiger partial charge in [0.25, 0.3) is 0 Å². The first kappa shape index (κ1) is 22.5. The number of rotatable bonds is 8. The van der Waals surface area contributed by atoms with Crippen LogP contribution in [0, 0.1) is 5.92 Å². The van der Waals surface area contributed by atoms with Crippen LogP contribution in [-0.4, -0.2) is 43.6 Å². The fraction of sp³-hybridized carbons (Fsp3) is 0.476. The third-order valence-corrected chi connectivity index (χ3v) is 7.59. The van der Waals surface area contributed by atoms with Gasteiger partial charge in [0.2, 0.25) is 5.91 Å². The lowest BCUT2D eigenvalue weighted by Gasteiger charge is -2.21. The van der Waals surface area contributed by atoms with Crippen molar-refractivity contribution < 1.29 is 13.2 Å². The van der Waals surface area contributed by atoms with Gasteiger partial charge >= 0.3 is 0 Å². The number of sulfone groups is 1. The first-order valence-electron chi connectivity index (χ1n) is 9.99. The highest BCUT2D eigenvalue weighted by Crippen LogP contribution is 2.35. The zero-order chi connectivity index (χ0) is 21.7. The minimum Gasteiger partial charge on any atom is -0.361 e. The van der Waals surface area contributed by atoms with Crippen molar-refractivity contribution >= 4 is 39.0 Å².